The Bertz CT molecular complexity index is 446. The Labute approximate surface area is 121 Å². The number of ether oxygens (including phenoxy) is 2. The van der Waals surface area contributed by atoms with E-state index in [2.05, 4.69) is 36.4 Å². The second-order valence-electron chi connectivity index (χ2n) is 5.76. The first-order valence-corrected chi connectivity index (χ1v) is 7.94. The van der Waals surface area contributed by atoms with Crippen LogP contribution in [0.25, 0.3) is 6.08 Å². The quantitative estimate of drug-likeness (QED) is 0.709. The number of hydrogen-bond acceptors (Lipinski definition) is 2. The Balaban J connectivity index is 1.34. The molecule has 2 atom stereocenters. The van der Waals surface area contributed by atoms with Crippen LogP contribution in [0.3, 0.4) is 0 Å². The molecule has 0 radical (unpaired) electrons. The van der Waals surface area contributed by atoms with Crippen LogP contribution in [0.5, 0.6) is 0 Å². The largest absolute Gasteiger partial charge is 0.353 e. The van der Waals surface area contributed by atoms with E-state index in [4.69, 9.17) is 9.47 Å². The van der Waals surface area contributed by atoms with Crippen LogP contribution in [0.1, 0.15) is 55.6 Å². The minimum atomic E-state index is 0.0656. The van der Waals surface area contributed by atoms with Crippen molar-refractivity contribution in [1.29, 1.82) is 0 Å². The third-order valence-corrected chi connectivity index (χ3v) is 4.25. The molecule has 0 amide bonds. The minimum absolute atomic E-state index is 0.0656. The van der Waals surface area contributed by atoms with Gasteiger partial charge in [0.2, 0.25) is 0 Å². The van der Waals surface area contributed by atoms with Gasteiger partial charge in [-0.1, -0.05) is 42.8 Å². The van der Waals surface area contributed by atoms with E-state index >= 15 is 0 Å². The lowest BCUT2D eigenvalue weighted by atomic mass is 9.95. The van der Waals surface area contributed by atoms with Crippen LogP contribution >= 0.6 is 0 Å². The fourth-order valence-electron chi connectivity index (χ4n) is 3.10. The van der Waals surface area contributed by atoms with E-state index in [1.54, 1.807) is 0 Å². The Kier molecular flexibility index (Phi) is 4.88. The molecule has 3 rings (SSSR count). The lowest BCUT2D eigenvalue weighted by Crippen LogP contribution is -2.22. The van der Waals surface area contributed by atoms with Gasteiger partial charge < -0.3 is 9.47 Å². The van der Waals surface area contributed by atoms with Crippen molar-refractivity contribution in [3.8, 4) is 0 Å². The fourth-order valence-corrected chi connectivity index (χ4v) is 3.10. The topological polar surface area (TPSA) is 18.5 Å². The highest BCUT2D eigenvalue weighted by Gasteiger charge is 2.16. The van der Waals surface area contributed by atoms with Crippen molar-refractivity contribution in [2.24, 2.45) is 0 Å². The van der Waals surface area contributed by atoms with Gasteiger partial charge in [0.15, 0.2) is 6.29 Å². The number of allylic oxidation sites excluding steroid dienone is 1. The van der Waals surface area contributed by atoms with Crippen molar-refractivity contribution in [1.82, 2.24) is 0 Å². The van der Waals surface area contributed by atoms with Gasteiger partial charge in [-0.2, -0.15) is 0 Å². The predicted molar refractivity (Wildman–Crippen MR) is 81.6 cm³/mol. The van der Waals surface area contributed by atoms with Crippen molar-refractivity contribution in [3.05, 3.63) is 41.5 Å². The summed E-state index contributed by atoms with van der Waals surface area (Å²) in [6, 6.07) is 8.72. The van der Waals surface area contributed by atoms with Crippen LogP contribution < -0.4 is 0 Å². The van der Waals surface area contributed by atoms with Crippen molar-refractivity contribution in [2.75, 3.05) is 13.2 Å². The van der Waals surface area contributed by atoms with E-state index in [9.17, 15) is 0 Å². The zero-order valence-corrected chi connectivity index (χ0v) is 12.1. The Morgan fingerprint density at radius 2 is 2.10 bits per heavy atom. The van der Waals surface area contributed by atoms with Gasteiger partial charge in [-0.3, -0.25) is 0 Å². The molecular weight excluding hydrogens is 248 g/mol. The van der Waals surface area contributed by atoms with Crippen molar-refractivity contribution >= 4 is 6.08 Å². The van der Waals surface area contributed by atoms with Gasteiger partial charge in [-0.05, 0) is 43.2 Å². The SMILES string of the molecule is C1=CC(CCCCOC2CCCCO2)c2ccccc21. The Morgan fingerprint density at radius 3 is 3.00 bits per heavy atom. The summed E-state index contributed by atoms with van der Waals surface area (Å²) >= 11 is 0. The van der Waals surface area contributed by atoms with Gasteiger partial charge >= 0.3 is 0 Å². The van der Waals surface area contributed by atoms with Crippen molar-refractivity contribution in [3.63, 3.8) is 0 Å². The van der Waals surface area contributed by atoms with Gasteiger partial charge in [0.05, 0.1) is 0 Å². The van der Waals surface area contributed by atoms with Crippen LogP contribution in [0, 0.1) is 0 Å². The minimum Gasteiger partial charge on any atom is -0.353 e. The molecule has 1 aromatic rings. The zero-order valence-electron chi connectivity index (χ0n) is 12.1. The predicted octanol–water partition coefficient (Wildman–Crippen LogP) is 4.51. The second kappa shape index (κ2) is 7.05. The van der Waals surface area contributed by atoms with Crippen LogP contribution in [-0.4, -0.2) is 19.5 Å². The van der Waals surface area contributed by atoms with Crippen molar-refractivity contribution in [2.45, 2.75) is 50.7 Å². The molecule has 0 spiro atoms. The molecule has 1 saturated heterocycles. The summed E-state index contributed by atoms with van der Waals surface area (Å²) in [5, 5.41) is 0. The number of unbranched alkanes of at least 4 members (excludes halogenated alkanes) is 1. The van der Waals surface area contributed by atoms with E-state index in [1.165, 1.54) is 36.8 Å². The zero-order chi connectivity index (χ0) is 13.6. The third-order valence-electron chi connectivity index (χ3n) is 4.25. The molecule has 1 fully saturated rings. The molecule has 1 aliphatic heterocycles. The monoisotopic (exact) mass is 272 g/mol. The summed E-state index contributed by atoms with van der Waals surface area (Å²) in [5.74, 6) is 0.608. The van der Waals surface area contributed by atoms with Gasteiger partial charge in [-0.25, -0.2) is 0 Å². The van der Waals surface area contributed by atoms with E-state index in [1.807, 2.05) is 0 Å². The van der Waals surface area contributed by atoms with Gasteiger partial charge in [0, 0.05) is 19.1 Å². The maximum Gasteiger partial charge on any atom is 0.157 e. The molecule has 2 nitrogen and oxygen atoms in total. The molecule has 2 aliphatic rings. The Morgan fingerprint density at radius 1 is 1.15 bits per heavy atom. The van der Waals surface area contributed by atoms with Gasteiger partial charge in [0.1, 0.15) is 0 Å². The number of benzene rings is 1. The maximum absolute atomic E-state index is 5.78. The number of fused-ring (bicyclic) bond motifs is 1. The summed E-state index contributed by atoms with van der Waals surface area (Å²) in [6.45, 7) is 1.71. The van der Waals surface area contributed by atoms with Crippen LogP contribution in [0.15, 0.2) is 30.3 Å². The summed E-state index contributed by atoms with van der Waals surface area (Å²) in [7, 11) is 0. The summed E-state index contributed by atoms with van der Waals surface area (Å²) in [4.78, 5) is 0. The molecule has 0 saturated carbocycles. The van der Waals surface area contributed by atoms with Crippen LogP contribution in [0.4, 0.5) is 0 Å². The molecule has 20 heavy (non-hydrogen) atoms. The first-order chi connectivity index (χ1) is 9.93. The first kappa shape index (κ1) is 13.8. The third kappa shape index (κ3) is 3.50. The molecule has 1 aromatic carbocycles. The Hall–Kier alpha value is -1.12. The number of rotatable bonds is 6. The molecule has 0 aromatic heterocycles. The van der Waals surface area contributed by atoms with Gasteiger partial charge in [0.25, 0.3) is 0 Å². The van der Waals surface area contributed by atoms with Crippen LogP contribution in [0.2, 0.25) is 0 Å². The maximum atomic E-state index is 5.78. The standard InChI is InChI=1S/C18H24O2/c1-2-9-17-15(7-1)11-12-16(17)8-3-5-13-19-18-10-4-6-14-20-18/h1-2,7,9,11-12,16,18H,3-6,8,10,13-14H2. The van der Waals surface area contributed by atoms with E-state index < -0.39 is 0 Å². The highest BCUT2D eigenvalue weighted by atomic mass is 16.7. The normalized spacial score (nSPS) is 24.8. The molecular formula is C18H24O2. The molecule has 2 heteroatoms. The van der Waals surface area contributed by atoms with E-state index in [0.29, 0.717) is 5.92 Å². The van der Waals surface area contributed by atoms with Crippen molar-refractivity contribution < 1.29 is 9.47 Å². The van der Waals surface area contributed by atoms with Crippen LogP contribution in [-0.2, 0) is 9.47 Å². The smallest absolute Gasteiger partial charge is 0.157 e. The lowest BCUT2D eigenvalue weighted by molar-refractivity contribution is -0.162. The van der Waals surface area contributed by atoms with E-state index in [0.717, 1.165) is 26.1 Å². The summed E-state index contributed by atoms with van der Waals surface area (Å²) in [6.07, 6.45) is 11.7. The molecule has 0 bridgehead atoms. The molecule has 0 N–H and O–H groups in total. The molecule has 2 unspecified atom stereocenters. The molecule has 1 aliphatic carbocycles. The first-order valence-electron chi connectivity index (χ1n) is 7.94. The average Bonchev–Trinajstić information content (AvgIpc) is 2.91. The molecule has 108 valence electrons. The average molecular weight is 272 g/mol. The number of hydrogen-bond donors (Lipinski definition) is 0. The summed E-state index contributed by atoms with van der Waals surface area (Å²) < 4.78 is 11.3. The lowest BCUT2D eigenvalue weighted by Gasteiger charge is -2.22. The highest BCUT2D eigenvalue weighted by Crippen LogP contribution is 2.33. The molecule has 1 heterocycles. The fraction of sp³-hybridized carbons (Fsp3) is 0.556. The second-order valence-corrected chi connectivity index (χ2v) is 5.76. The van der Waals surface area contributed by atoms with Gasteiger partial charge in [-0.15, -0.1) is 0 Å². The highest BCUT2D eigenvalue weighted by molar-refractivity contribution is 5.62. The van der Waals surface area contributed by atoms with E-state index in [-0.39, 0.29) is 6.29 Å². The summed E-state index contributed by atoms with van der Waals surface area (Å²) in [5.41, 5.74) is 2.88.